The second-order valence-electron chi connectivity index (χ2n) is 6.62. The Morgan fingerprint density at radius 2 is 1.68 bits per heavy atom. The lowest BCUT2D eigenvalue weighted by molar-refractivity contribution is -0.130. The first-order valence-electron chi connectivity index (χ1n) is 9.35. The first-order chi connectivity index (χ1) is 12.0. The van der Waals surface area contributed by atoms with Gasteiger partial charge in [-0.25, -0.2) is 13.1 Å². The van der Waals surface area contributed by atoms with Gasteiger partial charge in [0.2, 0.25) is 15.9 Å². The number of nitrogens with one attached hydrogen (secondary N) is 1. The van der Waals surface area contributed by atoms with Gasteiger partial charge in [0.1, 0.15) is 0 Å². The third-order valence-corrected chi connectivity index (χ3v) is 6.49. The molecule has 0 saturated heterocycles. The molecule has 1 aliphatic carbocycles. The zero-order valence-electron chi connectivity index (χ0n) is 15.3. The van der Waals surface area contributed by atoms with Crippen molar-refractivity contribution >= 4 is 15.9 Å². The lowest BCUT2D eigenvalue weighted by Crippen LogP contribution is -2.34. The Bertz CT molecular complexity index is 646. The first kappa shape index (κ1) is 19.9. The highest BCUT2D eigenvalue weighted by Crippen LogP contribution is 2.32. The van der Waals surface area contributed by atoms with E-state index in [1.165, 1.54) is 37.7 Å². The van der Waals surface area contributed by atoms with E-state index in [-0.39, 0.29) is 23.8 Å². The van der Waals surface area contributed by atoms with Gasteiger partial charge >= 0.3 is 0 Å². The van der Waals surface area contributed by atoms with Crippen LogP contribution < -0.4 is 4.72 Å². The minimum Gasteiger partial charge on any atom is -0.343 e. The maximum absolute atomic E-state index is 12.4. The van der Waals surface area contributed by atoms with Crippen LogP contribution in [0.2, 0.25) is 0 Å². The largest absolute Gasteiger partial charge is 0.343 e. The predicted molar refractivity (Wildman–Crippen MR) is 100 cm³/mol. The summed E-state index contributed by atoms with van der Waals surface area (Å²) in [5.41, 5.74) is 1.23. The first-order valence-corrected chi connectivity index (χ1v) is 10.8. The second-order valence-corrected chi connectivity index (χ2v) is 8.38. The highest BCUT2D eigenvalue weighted by Gasteiger charge is 2.18. The fourth-order valence-electron chi connectivity index (χ4n) is 3.47. The van der Waals surface area contributed by atoms with Crippen molar-refractivity contribution < 1.29 is 13.2 Å². The third-order valence-electron chi connectivity index (χ3n) is 5.01. The van der Waals surface area contributed by atoms with E-state index in [1.54, 1.807) is 17.0 Å². The number of hydrogen-bond donors (Lipinski definition) is 1. The van der Waals surface area contributed by atoms with E-state index >= 15 is 0 Å². The molecule has 0 atom stereocenters. The van der Waals surface area contributed by atoms with Crippen LogP contribution in [0, 0.1) is 0 Å². The molecule has 0 radical (unpaired) electrons. The van der Waals surface area contributed by atoms with Gasteiger partial charge < -0.3 is 4.90 Å². The van der Waals surface area contributed by atoms with Crippen LogP contribution in [0.1, 0.15) is 63.9 Å². The summed E-state index contributed by atoms with van der Waals surface area (Å²) >= 11 is 0. The molecule has 0 aromatic heterocycles. The molecule has 1 fully saturated rings. The molecule has 0 heterocycles. The molecule has 1 aliphatic rings. The van der Waals surface area contributed by atoms with Crippen LogP contribution in [0.15, 0.2) is 29.2 Å². The number of amides is 1. The van der Waals surface area contributed by atoms with E-state index < -0.39 is 10.0 Å². The van der Waals surface area contributed by atoms with Crippen molar-refractivity contribution in [1.82, 2.24) is 9.62 Å². The van der Waals surface area contributed by atoms with Crippen LogP contribution >= 0.6 is 0 Å². The van der Waals surface area contributed by atoms with Crippen molar-refractivity contribution in [3.63, 3.8) is 0 Å². The lowest BCUT2D eigenvalue weighted by Gasteiger charge is -2.22. The molecule has 1 aromatic rings. The van der Waals surface area contributed by atoms with Crippen molar-refractivity contribution in [1.29, 1.82) is 0 Å². The number of nitrogens with zero attached hydrogens (tertiary/aromatic N) is 1. The maximum atomic E-state index is 12.4. The molecule has 1 amide bonds. The van der Waals surface area contributed by atoms with Gasteiger partial charge in [-0.2, -0.15) is 0 Å². The van der Waals surface area contributed by atoms with Gasteiger partial charge in [0.05, 0.1) is 4.90 Å². The monoisotopic (exact) mass is 366 g/mol. The Morgan fingerprint density at radius 3 is 2.24 bits per heavy atom. The fraction of sp³-hybridized carbons (Fsp3) is 0.632. The SMILES string of the molecule is CCN(CC)C(=O)CCNS(=O)(=O)c1ccc(C2CCCCC2)cc1. The van der Waals surface area contributed by atoms with Gasteiger partial charge in [0, 0.05) is 26.1 Å². The van der Waals surface area contributed by atoms with Crippen LogP contribution in [0.25, 0.3) is 0 Å². The van der Waals surface area contributed by atoms with E-state index in [4.69, 9.17) is 0 Å². The van der Waals surface area contributed by atoms with Crippen molar-refractivity contribution in [3.05, 3.63) is 29.8 Å². The van der Waals surface area contributed by atoms with Gasteiger partial charge in [-0.1, -0.05) is 31.4 Å². The predicted octanol–water partition coefficient (Wildman–Crippen LogP) is 3.27. The van der Waals surface area contributed by atoms with Crippen molar-refractivity contribution in [2.75, 3.05) is 19.6 Å². The third kappa shape index (κ3) is 5.54. The number of rotatable bonds is 8. The van der Waals surface area contributed by atoms with E-state index in [0.29, 0.717) is 19.0 Å². The summed E-state index contributed by atoms with van der Waals surface area (Å²) < 4.78 is 27.3. The molecule has 25 heavy (non-hydrogen) atoms. The summed E-state index contributed by atoms with van der Waals surface area (Å²) in [4.78, 5) is 13.9. The van der Waals surface area contributed by atoms with Gasteiger partial charge in [-0.05, 0) is 50.3 Å². The van der Waals surface area contributed by atoms with Crippen LogP contribution in [-0.4, -0.2) is 38.9 Å². The quantitative estimate of drug-likeness (QED) is 0.768. The standard InChI is InChI=1S/C19H30N2O3S/c1-3-21(4-2)19(22)14-15-20-25(23,24)18-12-10-17(11-13-18)16-8-6-5-7-9-16/h10-13,16,20H,3-9,14-15H2,1-2H3. The second kappa shape index (κ2) is 9.34. The lowest BCUT2D eigenvalue weighted by atomic mass is 9.84. The van der Waals surface area contributed by atoms with Gasteiger partial charge in [0.25, 0.3) is 0 Å². The van der Waals surface area contributed by atoms with Crippen molar-refractivity contribution in [3.8, 4) is 0 Å². The normalized spacial score (nSPS) is 15.9. The Kier molecular flexibility index (Phi) is 7.44. The molecule has 1 N–H and O–H groups in total. The van der Waals surface area contributed by atoms with Gasteiger partial charge in [-0.15, -0.1) is 0 Å². The molecule has 140 valence electrons. The summed E-state index contributed by atoms with van der Waals surface area (Å²) in [6.07, 6.45) is 6.38. The Labute approximate surface area is 151 Å². The number of sulfonamides is 1. The van der Waals surface area contributed by atoms with E-state index in [1.807, 2.05) is 26.0 Å². The Hall–Kier alpha value is -1.40. The summed E-state index contributed by atoms with van der Waals surface area (Å²) in [5.74, 6) is 0.533. The zero-order chi connectivity index (χ0) is 18.3. The molecule has 5 nitrogen and oxygen atoms in total. The molecule has 1 saturated carbocycles. The van der Waals surface area contributed by atoms with Crippen LogP contribution in [-0.2, 0) is 14.8 Å². The fourth-order valence-corrected chi connectivity index (χ4v) is 4.50. The number of carbonyl (C=O) groups is 1. The van der Waals surface area contributed by atoms with Crippen LogP contribution in [0.5, 0.6) is 0 Å². The number of benzene rings is 1. The Morgan fingerprint density at radius 1 is 1.08 bits per heavy atom. The number of carbonyl (C=O) groups excluding carboxylic acids is 1. The van der Waals surface area contributed by atoms with E-state index in [9.17, 15) is 13.2 Å². The minimum absolute atomic E-state index is 0.0275. The highest BCUT2D eigenvalue weighted by atomic mass is 32.2. The molecule has 2 rings (SSSR count). The molecular weight excluding hydrogens is 336 g/mol. The number of hydrogen-bond acceptors (Lipinski definition) is 3. The smallest absolute Gasteiger partial charge is 0.240 e. The van der Waals surface area contributed by atoms with E-state index in [2.05, 4.69) is 4.72 Å². The molecule has 0 unspecified atom stereocenters. The zero-order valence-corrected chi connectivity index (χ0v) is 16.1. The summed E-state index contributed by atoms with van der Waals surface area (Å²) in [6, 6.07) is 7.23. The molecular formula is C19H30N2O3S. The molecule has 6 heteroatoms. The summed E-state index contributed by atoms with van der Waals surface area (Å²) in [6.45, 7) is 5.25. The summed E-state index contributed by atoms with van der Waals surface area (Å²) in [7, 11) is -3.56. The highest BCUT2D eigenvalue weighted by molar-refractivity contribution is 7.89. The van der Waals surface area contributed by atoms with Crippen molar-refractivity contribution in [2.24, 2.45) is 0 Å². The molecule has 0 bridgehead atoms. The summed E-state index contributed by atoms with van der Waals surface area (Å²) in [5, 5.41) is 0. The van der Waals surface area contributed by atoms with Gasteiger partial charge in [0.15, 0.2) is 0 Å². The average molecular weight is 367 g/mol. The minimum atomic E-state index is -3.56. The Balaban J connectivity index is 1.91. The van der Waals surface area contributed by atoms with E-state index in [0.717, 1.165) is 0 Å². The molecule has 0 spiro atoms. The van der Waals surface area contributed by atoms with Gasteiger partial charge in [-0.3, -0.25) is 4.79 Å². The topological polar surface area (TPSA) is 66.5 Å². The maximum Gasteiger partial charge on any atom is 0.240 e. The molecule has 1 aromatic carbocycles. The molecule has 0 aliphatic heterocycles. The average Bonchev–Trinajstić information content (AvgIpc) is 2.63. The van der Waals surface area contributed by atoms with Crippen LogP contribution in [0.4, 0.5) is 0 Å². The van der Waals surface area contributed by atoms with Crippen LogP contribution in [0.3, 0.4) is 0 Å². The van der Waals surface area contributed by atoms with Crippen molar-refractivity contribution in [2.45, 2.75) is 63.2 Å².